The van der Waals surface area contributed by atoms with Crippen molar-refractivity contribution in [2.75, 3.05) is 0 Å². The minimum absolute atomic E-state index is 0. The zero-order valence-corrected chi connectivity index (χ0v) is 2.22. The van der Waals surface area contributed by atoms with Crippen LogP contribution < -0.4 is 0 Å². The Balaban J connectivity index is -0.000000000614. The molecular weight excluding hydrogens is 204 g/mol. The summed E-state index contributed by atoms with van der Waals surface area (Å²) in [5, 5.41) is 0. The number of carbonyl (C=O) groups excluding carboxylic acids is 2. The van der Waals surface area contributed by atoms with Crippen LogP contribution in [0.3, 0.4) is 0 Å². The Morgan fingerprint density at radius 1 is 0.500 bits per heavy atom. The second kappa shape index (κ2) is 169000. The quantitative estimate of drug-likeness (QED) is 0.369. The summed E-state index contributed by atoms with van der Waals surface area (Å²) in [5.74, 6) is 0. The molecule has 0 spiro atoms. The molecule has 0 aromatic heterocycles. The van der Waals surface area contributed by atoms with E-state index in [1.165, 1.54) is 0 Å². The van der Waals surface area contributed by atoms with Gasteiger partial charge in [-0.1, -0.05) is 81.7 Å². The Morgan fingerprint density at radius 3 is 0.500 bits per heavy atom. The number of hydrogen-bond donors (Lipinski definition) is 0. The van der Waals surface area contributed by atoms with Gasteiger partial charge in [0.1, 0.15) is 0 Å². The van der Waals surface area contributed by atoms with Gasteiger partial charge in [-0.2, -0.15) is 9.59 Å². The van der Waals surface area contributed by atoms with Crippen molar-refractivity contribution in [3.63, 3.8) is 0 Å². The molecule has 3 heteroatoms. The molecule has 0 unspecified atom stereocenters. The molecule has 3 nitrogen and oxygen atoms in total. The Labute approximate surface area is 109 Å². The third-order valence-corrected chi connectivity index (χ3v) is 0. The molecular formula is C13H44O3. The summed E-state index contributed by atoms with van der Waals surface area (Å²) in [6, 6.07) is 0. The molecule has 0 heterocycles. The minimum atomic E-state index is 0. The van der Waals surface area contributed by atoms with Crippen LogP contribution in [-0.2, 0) is 14.2 Å². The van der Waals surface area contributed by atoms with Crippen LogP contribution in [0.25, 0.3) is 0 Å². The maximum atomic E-state index is 8.12. The first-order valence-corrected chi connectivity index (χ1v) is 0.612. The van der Waals surface area contributed by atoms with Gasteiger partial charge in [0.15, 0.2) is 0 Å². The summed E-state index contributed by atoms with van der Waals surface area (Å²) in [7, 11) is 0. The molecule has 0 aromatic carbocycles. The molecule has 0 amide bonds. The van der Waals surface area contributed by atoms with E-state index >= 15 is 0 Å². The molecule has 114 valence electrons. The summed E-state index contributed by atoms with van der Waals surface area (Å²) in [5.41, 5.74) is 0. The molecule has 0 saturated carbocycles. The number of hydrogen-bond acceptors (Lipinski definition) is 2. The average Bonchev–Trinajstić information content (AvgIpc) is 1.46. The topological polar surface area (TPSA) is 54.0 Å². The summed E-state index contributed by atoms with van der Waals surface area (Å²) in [6.07, 6.45) is 0.250. The van der Waals surface area contributed by atoms with Gasteiger partial charge >= 0.3 is 17.5 Å². The van der Waals surface area contributed by atoms with Crippen LogP contribution in [0.2, 0.25) is 0 Å². The first-order valence-electron chi connectivity index (χ1n) is 0.612. The third-order valence-electron chi connectivity index (χ3n) is 0. The molecule has 16 heavy (non-hydrogen) atoms. The maximum absolute atomic E-state index is 8.12. The molecule has 0 radical (unpaired) electrons. The van der Waals surface area contributed by atoms with Crippen molar-refractivity contribution in [2.45, 2.75) is 81.7 Å². The molecule has 0 aromatic rings. The Kier molecular flexibility index (Phi) is 7080000. The van der Waals surface area contributed by atoms with Crippen LogP contribution in [0.4, 0.5) is 0 Å². The van der Waals surface area contributed by atoms with E-state index in [9.17, 15) is 0 Å². The Bertz CT molecular complexity index is 53.4. The molecule has 0 aliphatic rings. The summed E-state index contributed by atoms with van der Waals surface area (Å²) < 4.78 is 7.50. The molecule has 0 aliphatic heterocycles. The van der Waals surface area contributed by atoms with Gasteiger partial charge in [0, 0.05) is 0 Å². The fourth-order valence-electron chi connectivity index (χ4n) is 0. The Hall–Kier alpha value is -0.880. The van der Waals surface area contributed by atoms with E-state index in [4.69, 9.17) is 14.2 Å². The normalized spacial score (nSPS) is 0.625. The molecule has 0 aliphatic carbocycles. The van der Waals surface area contributed by atoms with E-state index in [0.717, 1.165) is 0 Å². The van der Waals surface area contributed by atoms with E-state index < -0.39 is 0 Å². The first kappa shape index (κ1) is 671. The van der Waals surface area contributed by atoms with Crippen molar-refractivity contribution in [1.82, 2.24) is 0 Å². The van der Waals surface area contributed by atoms with E-state index in [1.54, 1.807) is 0 Å². The van der Waals surface area contributed by atoms with E-state index in [2.05, 4.69) is 6.65 Å². The van der Waals surface area contributed by atoms with E-state index in [0.29, 0.717) is 0 Å². The van der Waals surface area contributed by atoms with Gasteiger partial charge in [-0.15, -0.1) is 0 Å². The van der Waals surface area contributed by atoms with E-state index in [-0.39, 0.29) is 87.8 Å². The fourth-order valence-corrected chi connectivity index (χ4v) is 0. The number of rotatable bonds is 0. The predicted octanol–water partition coefficient (Wildman–Crippen LogP) is 6.38. The van der Waals surface area contributed by atoms with Crippen LogP contribution in [0.5, 0.6) is 0 Å². The van der Waals surface area contributed by atoms with Gasteiger partial charge in [0.2, 0.25) is 0 Å². The second-order valence-electron chi connectivity index (χ2n) is 0.0833. The molecule has 0 saturated heterocycles. The van der Waals surface area contributed by atoms with Crippen LogP contribution in [0, 0.1) is 6.65 Å². The Morgan fingerprint density at radius 2 is 0.500 bits per heavy atom. The van der Waals surface area contributed by atoms with Crippen LogP contribution in [0.15, 0.2) is 0 Å². The van der Waals surface area contributed by atoms with Gasteiger partial charge in [0.05, 0.1) is 0 Å². The van der Waals surface area contributed by atoms with Gasteiger partial charge in [-0.3, -0.25) is 0 Å². The predicted molar refractivity (Wildman–Crippen MR) is 83.0 cm³/mol. The molecule has 0 N–H and O–H groups in total. The van der Waals surface area contributed by atoms with Crippen molar-refractivity contribution in [3.05, 3.63) is 6.65 Å². The monoisotopic (exact) mass is 248 g/mol. The zero-order valence-electron chi connectivity index (χ0n) is 2.22. The fraction of sp³-hybridized carbons (Fsp3) is 0.846. The van der Waals surface area contributed by atoms with E-state index in [1.807, 2.05) is 0 Å². The van der Waals surface area contributed by atoms with Crippen molar-refractivity contribution in [3.8, 4) is 0 Å². The molecule has 0 rings (SSSR count). The zero-order chi connectivity index (χ0) is 4.71. The molecule has 0 fully saturated rings. The van der Waals surface area contributed by atoms with Crippen molar-refractivity contribution >= 4 is 6.15 Å². The van der Waals surface area contributed by atoms with Gasteiger partial charge in [0.25, 0.3) is 0 Å². The van der Waals surface area contributed by atoms with Crippen LogP contribution >= 0.6 is 0 Å². The van der Waals surface area contributed by atoms with Gasteiger partial charge in [-0.05, 0) is 0 Å². The summed E-state index contributed by atoms with van der Waals surface area (Å²) >= 11 is 0. The van der Waals surface area contributed by atoms with Crippen molar-refractivity contribution < 1.29 is 14.2 Å². The standard InChI is InChI=1S/CO2.CO.11CH4/c2-1-3;1-2;;;;;;;;;;;/h;;11*1H4. The first-order chi connectivity index (χ1) is 2.41. The van der Waals surface area contributed by atoms with Gasteiger partial charge < -0.3 is 0 Å². The molecule has 0 bridgehead atoms. The van der Waals surface area contributed by atoms with Gasteiger partial charge in [-0.25, -0.2) is 0 Å². The van der Waals surface area contributed by atoms with Crippen LogP contribution in [0.1, 0.15) is 81.7 Å². The van der Waals surface area contributed by atoms with Crippen molar-refractivity contribution in [1.29, 1.82) is 0 Å². The van der Waals surface area contributed by atoms with Crippen LogP contribution in [-0.4, -0.2) is 6.15 Å². The third kappa shape index (κ3) is 2490. The summed E-state index contributed by atoms with van der Waals surface area (Å²) in [6.45, 7) is 4.50. The SMILES string of the molecule is C.C.C.C.C.C.C.C.C.C.C.O=C=O.[C-]#[O+]. The average molecular weight is 248 g/mol. The van der Waals surface area contributed by atoms with Crippen molar-refractivity contribution in [2.24, 2.45) is 0 Å². The molecule has 0 atom stereocenters. The summed E-state index contributed by atoms with van der Waals surface area (Å²) in [4.78, 5) is 16.2. The second-order valence-corrected chi connectivity index (χ2v) is 0.0833.